The highest BCUT2D eigenvalue weighted by Crippen LogP contribution is 2.25. The summed E-state index contributed by atoms with van der Waals surface area (Å²) >= 11 is 0. The lowest BCUT2D eigenvalue weighted by atomic mass is 9.95. The van der Waals surface area contributed by atoms with Gasteiger partial charge in [-0.3, -0.25) is 14.6 Å². The van der Waals surface area contributed by atoms with Crippen LogP contribution < -0.4 is 9.47 Å². The molecule has 0 aliphatic carbocycles. The third-order valence-electron chi connectivity index (χ3n) is 6.80. The average Bonchev–Trinajstić information content (AvgIpc) is 2.86. The van der Waals surface area contributed by atoms with Crippen LogP contribution in [0.25, 0.3) is 0 Å². The SMILES string of the molecule is COc1cnc(C)cc1C(=O)N1CCCC(=O)N2CCCCC2CCc2cccc(c2)OCC1. The van der Waals surface area contributed by atoms with Crippen LogP contribution in [0.5, 0.6) is 11.5 Å². The van der Waals surface area contributed by atoms with E-state index in [1.54, 1.807) is 24.3 Å². The molecule has 1 fully saturated rings. The minimum atomic E-state index is -0.132. The minimum Gasteiger partial charge on any atom is -0.494 e. The van der Waals surface area contributed by atoms with Crippen LogP contribution in [-0.2, 0) is 11.2 Å². The second kappa shape index (κ2) is 11.4. The number of aromatic nitrogens is 1. The van der Waals surface area contributed by atoms with E-state index in [0.717, 1.165) is 43.7 Å². The number of rotatable bonds is 2. The molecule has 7 nitrogen and oxygen atoms in total. The summed E-state index contributed by atoms with van der Waals surface area (Å²) in [6.45, 7) is 3.98. The van der Waals surface area contributed by atoms with Gasteiger partial charge in [0.25, 0.3) is 5.91 Å². The third-order valence-corrected chi connectivity index (χ3v) is 6.80. The van der Waals surface area contributed by atoms with Crippen molar-refractivity contribution in [2.45, 2.75) is 57.9 Å². The molecule has 34 heavy (non-hydrogen) atoms. The van der Waals surface area contributed by atoms with E-state index in [-0.39, 0.29) is 17.9 Å². The zero-order valence-electron chi connectivity index (χ0n) is 20.3. The first-order chi connectivity index (χ1) is 16.5. The van der Waals surface area contributed by atoms with Crippen LogP contribution in [0.4, 0.5) is 0 Å². The molecule has 2 aromatic rings. The molecule has 1 atom stereocenters. The lowest BCUT2D eigenvalue weighted by molar-refractivity contribution is -0.135. The van der Waals surface area contributed by atoms with Crippen molar-refractivity contribution in [2.75, 3.05) is 33.4 Å². The zero-order chi connectivity index (χ0) is 23.9. The molecule has 1 saturated heterocycles. The van der Waals surface area contributed by atoms with E-state index < -0.39 is 0 Å². The molecule has 1 unspecified atom stereocenters. The van der Waals surface area contributed by atoms with E-state index in [0.29, 0.717) is 43.9 Å². The number of aryl methyl sites for hydroxylation is 2. The average molecular weight is 466 g/mol. The van der Waals surface area contributed by atoms with E-state index in [2.05, 4.69) is 22.0 Å². The summed E-state index contributed by atoms with van der Waals surface area (Å²) in [6.07, 6.45) is 7.85. The molecule has 0 saturated carbocycles. The van der Waals surface area contributed by atoms with E-state index in [1.807, 2.05) is 19.1 Å². The number of methoxy groups -OCH3 is 1. The van der Waals surface area contributed by atoms with E-state index in [4.69, 9.17) is 9.47 Å². The van der Waals surface area contributed by atoms with Gasteiger partial charge in [0.1, 0.15) is 18.1 Å². The maximum atomic E-state index is 13.5. The Morgan fingerprint density at radius 1 is 1.09 bits per heavy atom. The number of carbonyl (C=O) groups is 2. The Balaban J connectivity index is 1.56. The van der Waals surface area contributed by atoms with Gasteiger partial charge in [0.15, 0.2) is 0 Å². The van der Waals surface area contributed by atoms with Gasteiger partial charge in [0, 0.05) is 31.2 Å². The molecule has 3 heterocycles. The third kappa shape index (κ3) is 5.88. The highest BCUT2D eigenvalue weighted by Gasteiger charge is 2.27. The maximum Gasteiger partial charge on any atom is 0.257 e. The fraction of sp³-hybridized carbons (Fsp3) is 0.519. The first-order valence-corrected chi connectivity index (χ1v) is 12.4. The van der Waals surface area contributed by atoms with Crippen LogP contribution >= 0.6 is 0 Å². The van der Waals surface area contributed by atoms with Gasteiger partial charge in [-0.15, -0.1) is 0 Å². The number of nitrogens with zero attached hydrogens (tertiary/aromatic N) is 3. The van der Waals surface area contributed by atoms with Gasteiger partial charge in [0.2, 0.25) is 5.91 Å². The molecule has 1 aromatic carbocycles. The van der Waals surface area contributed by atoms with Crippen LogP contribution in [-0.4, -0.2) is 66.0 Å². The van der Waals surface area contributed by atoms with Crippen LogP contribution in [0.2, 0.25) is 0 Å². The standard InChI is InChI=1S/C27H35N3O4/c1-20-17-24(25(33-2)19-28-20)27(32)29-13-6-10-26(31)30-14-4-3-8-22(30)12-11-21-7-5-9-23(18-21)34-16-15-29/h5,7,9,17-19,22H,3-4,6,8,10-16H2,1-2H3. The minimum absolute atomic E-state index is 0.132. The van der Waals surface area contributed by atoms with Gasteiger partial charge in [-0.05, 0) is 69.2 Å². The van der Waals surface area contributed by atoms with Crippen LogP contribution in [0, 0.1) is 6.92 Å². The number of amides is 2. The summed E-state index contributed by atoms with van der Waals surface area (Å²) in [7, 11) is 1.54. The molecule has 2 aliphatic rings. The van der Waals surface area contributed by atoms with E-state index in [9.17, 15) is 9.59 Å². The van der Waals surface area contributed by atoms with Crippen molar-refractivity contribution >= 4 is 11.8 Å². The molecule has 2 aliphatic heterocycles. The highest BCUT2D eigenvalue weighted by molar-refractivity contribution is 5.97. The van der Waals surface area contributed by atoms with Crippen LogP contribution in [0.1, 0.15) is 60.1 Å². The Hall–Kier alpha value is -3.09. The molecule has 182 valence electrons. The largest absolute Gasteiger partial charge is 0.494 e. The predicted octanol–water partition coefficient (Wildman–Crippen LogP) is 4.03. The van der Waals surface area contributed by atoms with Gasteiger partial charge in [0.05, 0.1) is 25.4 Å². The van der Waals surface area contributed by atoms with Crippen molar-refractivity contribution in [3.63, 3.8) is 0 Å². The Labute approximate surface area is 202 Å². The van der Waals surface area contributed by atoms with Crippen molar-refractivity contribution in [3.05, 3.63) is 53.3 Å². The number of hydrogen-bond acceptors (Lipinski definition) is 5. The molecule has 7 heteroatoms. The number of piperidine rings is 1. The van der Waals surface area contributed by atoms with Gasteiger partial charge >= 0.3 is 0 Å². The van der Waals surface area contributed by atoms with Gasteiger partial charge in [-0.2, -0.15) is 0 Å². The summed E-state index contributed by atoms with van der Waals surface area (Å²) in [5.41, 5.74) is 2.45. The fourth-order valence-corrected chi connectivity index (χ4v) is 4.95. The van der Waals surface area contributed by atoms with Gasteiger partial charge < -0.3 is 19.3 Å². The van der Waals surface area contributed by atoms with Gasteiger partial charge in [-0.1, -0.05) is 12.1 Å². The molecular weight excluding hydrogens is 430 g/mol. The Morgan fingerprint density at radius 2 is 1.97 bits per heavy atom. The second-order valence-corrected chi connectivity index (χ2v) is 9.19. The van der Waals surface area contributed by atoms with Crippen molar-refractivity contribution in [3.8, 4) is 11.5 Å². The van der Waals surface area contributed by atoms with E-state index in [1.165, 1.54) is 12.0 Å². The highest BCUT2D eigenvalue weighted by atomic mass is 16.5. The van der Waals surface area contributed by atoms with Crippen LogP contribution in [0.3, 0.4) is 0 Å². The Kier molecular flexibility index (Phi) is 8.03. The number of fused-ring (bicyclic) bond motifs is 3. The first-order valence-electron chi connectivity index (χ1n) is 12.4. The number of carbonyl (C=O) groups excluding carboxylic acids is 2. The summed E-state index contributed by atoms with van der Waals surface area (Å²) in [6, 6.07) is 10.2. The van der Waals surface area contributed by atoms with Gasteiger partial charge in [-0.25, -0.2) is 0 Å². The Morgan fingerprint density at radius 3 is 2.82 bits per heavy atom. The number of pyridine rings is 1. The lowest BCUT2D eigenvalue weighted by Crippen LogP contribution is -2.44. The summed E-state index contributed by atoms with van der Waals surface area (Å²) in [5.74, 6) is 1.34. The lowest BCUT2D eigenvalue weighted by Gasteiger charge is -2.36. The first kappa shape index (κ1) is 24.0. The van der Waals surface area contributed by atoms with Crippen molar-refractivity contribution < 1.29 is 19.1 Å². The Bertz CT molecular complexity index is 1010. The number of ether oxygens (including phenoxy) is 2. The maximum absolute atomic E-state index is 13.5. The molecule has 0 N–H and O–H groups in total. The van der Waals surface area contributed by atoms with Crippen molar-refractivity contribution in [2.24, 2.45) is 0 Å². The normalized spacial score (nSPS) is 19.9. The molecule has 0 spiro atoms. The zero-order valence-corrected chi connectivity index (χ0v) is 20.3. The molecule has 2 bridgehead atoms. The second-order valence-electron chi connectivity index (χ2n) is 9.19. The summed E-state index contributed by atoms with van der Waals surface area (Å²) in [4.78, 5) is 34.7. The monoisotopic (exact) mass is 465 g/mol. The number of hydrogen-bond donors (Lipinski definition) is 0. The van der Waals surface area contributed by atoms with Crippen molar-refractivity contribution in [1.82, 2.24) is 14.8 Å². The quantitative estimate of drug-likeness (QED) is 0.670. The topological polar surface area (TPSA) is 72.0 Å². The van der Waals surface area contributed by atoms with E-state index >= 15 is 0 Å². The molecule has 2 amide bonds. The summed E-state index contributed by atoms with van der Waals surface area (Å²) in [5, 5.41) is 0. The fourth-order valence-electron chi connectivity index (χ4n) is 4.95. The molecule has 1 aromatic heterocycles. The van der Waals surface area contributed by atoms with Crippen LogP contribution in [0.15, 0.2) is 36.5 Å². The molecule has 4 rings (SSSR count). The number of benzene rings is 1. The predicted molar refractivity (Wildman–Crippen MR) is 130 cm³/mol. The molecule has 0 radical (unpaired) electrons. The molecular formula is C27H35N3O4. The smallest absolute Gasteiger partial charge is 0.257 e. The summed E-state index contributed by atoms with van der Waals surface area (Å²) < 4.78 is 11.4. The van der Waals surface area contributed by atoms with Crippen molar-refractivity contribution in [1.29, 1.82) is 0 Å².